The Bertz CT molecular complexity index is 1410. The van der Waals surface area contributed by atoms with Crippen LogP contribution in [0.2, 0.25) is 15.3 Å². The lowest BCUT2D eigenvalue weighted by Crippen LogP contribution is -2.84. The fourth-order valence-corrected chi connectivity index (χ4v) is 8.91. The van der Waals surface area contributed by atoms with Gasteiger partial charge in [0.2, 0.25) is 5.91 Å². The molecule has 2 amide bonds. The van der Waals surface area contributed by atoms with Crippen molar-refractivity contribution in [2.24, 2.45) is 0 Å². The number of hydrogen-bond acceptors (Lipinski definition) is 5. The Balaban J connectivity index is 1.37. The highest BCUT2D eigenvalue weighted by atomic mass is 19.1. The van der Waals surface area contributed by atoms with Gasteiger partial charge in [-0.2, -0.15) is 5.26 Å². The number of nitrogens with one attached hydrogen (secondary N) is 2. The lowest BCUT2D eigenvalue weighted by Gasteiger charge is -2.85. The van der Waals surface area contributed by atoms with Crippen molar-refractivity contribution in [1.82, 2.24) is 10.3 Å². The van der Waals surface area contributed by atoms with Gasteiger partial charge in [0.25, 0.3) is 5.91 Å². The Morgan fingerprint density at radius 3 is 2.32 bits per heavy atom. The highest BCUT2D eigenvalue weighted by molar-refractivity contribution is 7.00. The van der Waals surface area contributed by atoms with E-state index in [1.54, 1.807) is 7.85 Å². The second-order valence-corrected chi connectivity index (χ2v) is 13.1. The monoisotopic (exact) mass is 502 g/mol. The molecule has 16 heteroatoms. The molecule has 38 heavy (non-hydrogen) atoms. The molecule has 2 saturated heterocycles. The van der Waals surface area contributed by atoms with Crippen LogP contribution < -0.4 is 16.1 Å². The summed E-state index contributed by atoms with van der Waals surface area (Å²) >= 11 is 0. The number of fused-ring (bicyclic) bond motifs is 1. The fourth-order valence-electron chi connectivity index (χ4n) is 8.91. The first-order valence-electron chi connectivity index (χ1n) is 13.1. The Kier molecular flexibility index (Phi) is 5.80. The van der Waals surface area contributed by atoms with Gasteiger partial charge in [0.15, 0.2) is 0 Å². The SMILES string of the molecule is Bc1c(O)c(C23C(B)(B)BC2(B)BC3(B)B)cc(F)c1CC(=O)Nc1ccnc(C(=O)NC2(C#N)CC2)c1. The lowest BCUT2D eigenvalue weighted by atomic mass is 8.79. The molecule has 0 radical (unpaired) electrons. The smallest absolute Gasteiger partial charge is 0.271 e. The molecule has 0 unspecified atom stereocenters. The number of amides is 2. The average Bonchev–Trinajstić information content (AvgIpc) is 3.58. The van der Waals surface area contributed by atoms with Crippen LogP contribution >= 0.6 is 0 Å². The van der Waals surface area contributed by atoms with Gasteiger partial charge in [-0.15, -0.1) is 10.2 Å². The number of phenols is 1. The second-order valence-electron chi connectivity index (χ2n) is 13.1. The molecule has 184 valence electrons. The van der Waals surface area contributed by atoms with Gasteiger partial charge in [-0.25, -0.2) is 4.39 Å². The summed E-state index contributed by atoms with van der Waals surface area (Å²) in [6, 6.07) is 6.49. The molecule has 3 N–H and O–H groups in total. The topological polar surface area (TPSA) is 115 Å². The van der Waals surface area contributed by atoms with Gasteiger partial charge >= 0.3 is 0 Å². The van der Waals surface area contributed by atoms with Crippen LogP contribution in [0.1, 0.15) is 34.5 Å². The third-order valence-corrected chi connectivity index (χ3v) is 9.56. The van der Waals surface area contributed by atoms with Crippen LogP contribution in [0.4, 0.5) is 10.1 Å². The summed E-state index contributed by atoms with van der Waals surface area (Å²) < 4.78 is 15.6. The van der Waals surface area contributed by atoms with E-state index in [1.165, 1.54) is 24.4 Å². The molecule has 1 saturated carbocycles. The van der Waals surface area contributed by atoms with Crippen molar-refractivity contribution in [2.45, 2.75) is 45.6 Å². The van der Waals surface area contributed by atoms with E-state index in [2.05, 4.69) is 60.9 Å². The highest BCUT2D eigenvalue weighted by Crippen LogP contribution is 2.83. The number of halogens is 1. The van der Waals surface area contributed by atoms with Crippen LogP contribution in [0.5, 0.6) is 5.75 Å². The molecule has 3 aliphatic rings. The number of nitrogens with zero attached hydrogens (tertiary/aromatic N) is 2. The zero-order chi connectivity index (χ0) is 27.9. The molecule has 2 aliphatic heterocycles. The number of nitriles is 1. The number of carbonyl (C=O) groups is 2. The van der Waals surface area contributed by atoms with Gasteiger partial charge in [0.05, 0.1) is 51.7 Å². The van der Waals surface area contributed by atoms with Crippen LogP contribution in [0, 0.1) is 17.1 Å². The predicted molar refractivity (Wildman–Crippen MR) is 165 cm³/mol. The van der Waals surface area contributed by atoms with Crippen LogP contribution in [0.25, 0.3) is 0 Å². The zero-order valence-electron chi connectivity index (χ0n) is 22.9. The van der Waals surface area contributed by atoms with Crippen LogP contribution in [0.15, 0.2) is 24.4 Å². The summed E-state index contributed by atoms with van der Waals surface area (Å²) in [4.78, 5) is 29.4. The van der Waals surface area contributed by atoms with Crippen LogP contribution in [-0.4, -0.2) is 89.1 Å². The minimum Gasteiger partial charge on any atom is -0.508 e. The van der Waals surface area contributed by atoms with Crippen molar-refractivity contribution >= 4 is 84.6 Å². The van der Waals surface area contributed by atoms with Gasteiger partial charge in [-0.3, -0.25) is 14.6 Å². The third kappa shape index (κ3) is 3.60. The maximum atomic E-state index is 15.6. The minimum atomic E-state index is -0.832. The molecule has 1 aliphatic carbocycles. The first kappa shape index (κ1) is 26.6. The maximum Gasteiger partial charge on any atom is 0.271 e. The van der Waals surface area contributed by atoms with E-state index in [1.807, 2.05) is 0 Å². The van der Waals surface area contributed by atoms with Gasteiger partial charge in [-0.1, -0.05) is 5.11 Å². The van der Waals surface area contributed by atoms with E-state index in [0.29, 0.717) is 29.6 Å². The van der Waals surface area contributed by atoms with Gasteiger partial charge in [-0.05, 0) is 53.0 Å². The number of phenolic OH excluding ortho intramolecular Hbond substituents is 1. The standard InChI is InChI=1S/C22H27B8FN4O3/c23-15-10(6-14(36)34-9-1-4-33-13(5-9)17(38)35-18(8-32)2-3-18)12(31)7-11(16(15)37)19-20(24,25)29-22(19,28)30-21(19,26)27/h1,4-5,7,29-30,37H,2-3,6,23-28H2,(H,35,38)(H,33,34,36). The fraction of sp³-hybridized carbons (Fsp3) is 0.364. The summed E-state index contributed by atoms with van der Waals surface area (Å²) in [5, 5.41) is 25.7. The summed E-state index contributed by atoms with van der Waals surface area (Å²) in [6.45, 7) is 0. The highest BCUT2D eigenvalue weighted by Gasteiger charge is 2.80. The van der Waals surface area contributed by atoms with E-state index >= 15 is 4.39 Å². The van der Waals surface area contributed by atoms with Crippen molar-refractivity contribution < 1.29 is 19.1 Å². The minimum absolute atomic E-state index is 0.00696. The number of carbonyl (C=O) groups excluding carboxylic acids is 2. The van der Waals surface area contributed by atoms with Crippen molar-refractivity contribution in [2.75, 3.05) is 5.32 Å². The van der Waals surface area contributed by atoms with Crippen molar-refractivity contribution in [3.63, 3.8) is 0 Å². The number of pyridine rings is 1. The number of benzene rings is 1. The molecule has 1 aromatic heterocycles. The molecule has 1 aromatic carbocycles. The number of rotatable bonds is 6. The summed E-state index contributed by atoms with van der Waals surface area (Å²) in [5.41, 5.74) is 0.373. The number of aromatic nitrogens is 1. The molecule has 7 nitrogen and oxygen atoms in total. The molecule has 0 bridgehead atoms. The Labute approximate surface area is 228 Å². The summed E-state index contributed by atoms with van der Waals surface area (Å²) in [7, 11) is 14.7. The Morgan fingerprint density at radius 2 is 1.79 bits per heavy atom. The Morgan fingerprint density at radius 1 is 1.16 bits per heavy atom. The lowest BCUT2D eigenvalue weighted by molar-refractivity contribution is -0.115. The molecular weight excluding hydrogens is 474 g/mol. The van der Waals surface area contributed by atoms with Crippen molar-refractivity contribution in [3.8, 4) is 11.8 Å². The van der Waals surface area contributed by atoms with E-state index in [-0.39, 0.29) is 44.2 Å². The second kappa shape index (κ2) is 8.27. The van der Waals surface area contributed by atoms with E-state index in [0.717, 1.165) is 14.6 Å². The number of hydrogen-bond donors (Lipinski definition) is 3. The van der Waals surface area contributed by atoms with Gasteiger partial charge in [0, 0.05) is 11.9 Å². The van der Waals surface area contributed by atoms with Crippen LogP contribution in [-0.2, 0) is 16.6 Å². The molecule has 5 rings (SSSR count). The third-order valence-electron chi connectivity index (χ3n) is 9.56. The van der Waals surface area contributed by atoms with E-state index < -0.39 is 23.2 Å². The maximum absolute atomic E-state index is 15.6. The first-order chi connectivity index (χ1) is 17.6. The van der Waals surface area contributed by atoms with Gasteiger partial charge < -0.3 is 15.7 Å². The first-order valence-corrected chi connectivity index (χ1v) is 13.1. The number of anilines is 1. The molecule has 0 atom stereocenters. The largest absolute Gasteiger partial charge is 0.508 e. The normalized spacial score (nSPS) is 26.5. The quantitative estimate of drug-likeness (QED) is 0.343. The summed E-state index contributed by atoms with van der Waals surface area (Å²) in [5.74, 6) is -1.42. The number of aromatic hydroxyl groups is 1. The zero-order valence-corrected chi connectivity index (χ0v) is 22.9. The molecule has 0 spiro atoms. The van der Waals surface area contributed by atoms with E-state index in [4.69, 9.17) is 0 Å². The predicted octanol–water partition coefficient (Wildman–Crippen LogP) is -5.32. The molecular formula is C22H27B8FN4O3. The van der Waals surface area contributed by atoms with Crippen LogP contribution in [0.3, 0.4) is 0 Å². The Hall–Kier alpha value is -2.95. The molecule has 2 aromatic rings. The van der Waals surface area contributed by atoms with E-state index in [9.17, 15) is 20.0 Å². The van der Waals surface area contributed by atoms with Crippen molar-refractivity contribution in [3.05, 3.63) is 47.0 Å². The molecule has 3 heterocycles. The summed E-state index contributed by atoms with van der Waals surface area (Å²) in [6.07, 6.45) is 2.30. The average molecular weight is 501 g/mol. The molecule has 3 fully saturated rings. The van der Waals surface area contributed by atoms with Gasteiger partial charge in [0.1, 0.15) is 45.2 Å². The van der Waals surface area contributed by atoms with Crippen molar-refractivity contribution in [1.29, 1.82) is 5.26 Å².